The Kier molecular flexibility index (Phi) is 5.15. The van der Waals surface area contributed by atoms with E-state index in [1.807, 2.05) is 18.2 Å². The van der Waals surface area contributed by atoms with Crippen LogP contribution in [0.4, 0.5) is 5.69 Å². The third-order valence-electron chi connectivity index (χ3n) is 2.65. The molecule has 1 fully saturated rings. The molecule has 1 N–H and O–H groups in total. The maximum atomic E-state index is 11.6. The molecule has 1 saturated heterocycles. The van der Waals surface area contributed by atoms with Gasteiger partial charge in [0.2, 0.25) is 0 Å². The van der Waals surface area contributed by atoms with Crippen LogP contribution in [-0.4, -0.2) is 31.2 Å². The van der Waals surface area contributed by atoms with Crippen molar-refractivity contribution in [2.45, 2.75) is 18.9 Å². The molecule has 0 unspecified atom stereocenters. The molecule has 1 aliphatic rings. The summed E-state index contributed by atoms with van der Waals surface area (Å²) in [5.74, 6) is -0.816. The SMILES string of the molecule is O=C(COC(=O)[C@@H]1CCCO1)Nc1cccc(I)c1. The van der Waals surface area contributed by atoms with E-state index in [4.69, 9.17) is 9.47 Å². The zero-order valence-electron chi connectivity index (χ0n) is 10.2. The van der Waals surface area contributed by atoms with Crippen molar-refractivity contribution in [3.05, 3.63) is 27.8 Å². The van der Waals surface area contributed by atoms with Gasteiger partial charge in [0.25, 0.3) is 5.91 Å². The largest absolute Gasteiger partial charge is 0.454 e. The number of halogens is 1. The van der Waals surface area contributed by atoms with Crippen molar-refractivity contribution in [2.24, 2.45) is 0 Å². The number of hydrogen-bond donors (Lipinski definition) is 1. The Morgan fingerprint density at radius 3 is 3.00 bits per heavy atom. The number of benzene rings is 1. The normalized spacial score (nSPS) is 18.1. The molecule has 1 heterocycles. The van der Waals surface area contributed by atoms with E-state index in [0.29, 0.717) is 18.7 Å². The third-order valence-corrected chi connectivity index (χ3v) is 3.32. The Balaban J connectivity index is 1.76. The number of amides is 1. The summed E-state index contributed by atoms with van der Waals surface area (Å²) in [6.45, 7) is 0.290. The third kappa shape index (κ3) is 4.46. The average molecular weight is 375 g/mol. The number of carbonyl (C=O) groups excluding carboxylic acids is 2. The number of esters is 1. The molecule has 0 saturated carbocycles. The molecule has 1 aliphatic heterocycles. The van der Waals surface area contributed by atoms with Crippen LogP contribution in [0.1, 0.15) is 12.8 Å². The van der Waals surface area contributed by atoms with E-state index in [0.717, 1.165) is 9.99 Å². The van der Waals surface area contributed by atoms with Gasteiger partial charge in [0.05, 0.1) is 0 Å². The summed E-state index contributed by atoms with van der Waals surface area (Å²) in [5.41, 5.74) is 0.685. The summed E-state index contributed by atoms with van der Waals surface area (Å²) in [6, 6.07) is 7.38. The first-order valence-electron chi connectivity index (χ1n) is 5.99. The van der Waals surface area contributed by atoms with Gasteiger partial charge in [0, 0.05) is 15.9 Å². The number of nitrogens with one attached hydrogen (secondary N) is 1. The lowest BCUT2D eigenvalue weighted by molar-refractivity contribution is -0.156. The topological polar surface area (TPSA) is 64.6 Å². The van der Waals surface area contributed by atoms with Crippen molar-refractivity contribution in [3.63, 3.8) is 0 Å². The predicted molar refractivity (Wildman–Crippen MR) is 77.7 cm³/mol. The van der Waals surface area contributed by atoms with Crippen molar-refractivity contribution < 1.29 is 19.1 Å². The Hall–Kier alpha value is -1.15. The number of anilines is 1. The van der Waals surface area contributed by atoms with Crippen LogP contribution in [0.25, 0.3) is 0 Å². The van der Waals surface area contributed by atoms with Crippen molar-refractivity contribution in [1.82, 2.24) is 0 Å². The van der Waals surface area contributed by atoms with Gasteiger partial charge in [-0.1, -0.05) is 6.07 Å². The van der Waals surface area contributed by atoms with E-state index in [1.54, 1.807) is 6.07 Å². The molecular formula is C13H14INO4. The molecule has 1 atom stereocenters. The van der Waals surface area contributed by atoms with Crippen LogP contribution in [0.15, 0.2) is 24.3 Å². The first kappa shape index (κ1) is 14.3. The second-order valence-corrected chi connectivity index (χ2v) is 5.41. The molecule has 1 amide bonds. The van der Waals surface area contributed by atoms with E-state index >= 15 is 0 Å². The maximum Gasteiger partial charge on any atom is 0.335 e. The van der Waals surface area contributed by atoms with Gasteiger partial charge in [-0.15, -0.1) is 0 Å². The van der Waals surface area contributed by atoms with Crippen LogP contribution in [0.5, 0.6) is 0 Å². The van der Waals surface area contributed by atoms with E-state index in [9.17, 15) is 9.59 Å². The van der Waals surface area contributed by atoms with Crippen molar-refractivity contribution in [3.8, 4) is 0 Å². The lowest BCUT2D eigenvalue weighted by Crippen LogP contribution is -2.27. The van der Waals surface area contributed by atoms with Gasteiger partial charge in [-0.2, -0.15) is 0 Å². The zero-order valence-corrected chi connectivity index (χ0v) is 12.4. The molecule has 0 aromatic heterocycles. The molecule has 0 aliphatic carbocycles. The second-order valence-electron chi connectivity index (χ2n) is 4.17. The maximum absolute atomic E-state index is 11.6. The summed E-state index contributed by atoms with van der Waals surface area (Å²) in [6.07, 6.45) is 1.01. The van der Waals surface area contributed by atoms with E-state index in [2.05, 4.69) is 27.9 Å². The Bertz CT molecular complexity index is 471. The molecule has 102 valence electrons. The van der Waals surface area contributed by atoms with Crippen LogP contribution in [0.2, 0.25) is 0 Å². The molecule has 0 radical (unpaired) electrons. The predicted octanol–water partition coefficient (Wildman–Crippen LogP) is 1.95. The fraction of sp³-hybridized carbons (Fsp3) is 0.385. The lowest BCUT2D eigenvalue weighted by atomic mass is 10.2. The van der Waals surface area contributed by atoms with Gasteiger partial charge in [0.1, 0.15) is 0 Å². The van der Waals surface area contributed by atoms with Crippen LogP contribution in [-0.2, 0) is 19.1 Å². The molecule has 6 heteroatoms. The molecule has 1 aromatic rings. The molecule has 19 heavy (non-hydrogen) atoms. The first-order valence-corrected chi connectivity index (χ1v) is 7.07. The average Bonchev–Trinajstić information content (AvgIpc) is 2.90. The summed E-state index contributed by atoms with van der Waals surface area (Å²) < 4.78 is 11.1. The fourth-order valence-electron chi connectivity index (χ4n) is 1.76. The fourth-order valence-corrected chi connectivity index (χ4v) is 2.30. The number of hydrogen-bond acceptors (Lipinski definition) is 4. The summed E-state index contributed by atoms with van der Waals surface area (Å²) in [4.78, 5) is 23.1. The van der Waals surface area contributed by atoms with Crippen LogP contribution >= 0.6 is 22.6 Å². The first-order chi connectivity index (χ1) is 9.15. The molecule has 0 bridgehead atoms. The Labute approximate surface area is 124 Å². The highest BCUT2D eigenvalue weighted by Gasteiger charge is 2.25. The van der Waals surface area contributed by atoms with Gasteiger partial charge < -0.3 is 14.8 Å². The highest BCUT2D eigenvalue weighted by atomic mass is 127. The minimum atomic E-state index is -0.509. The molecule has 5 nitrogen and oxygen atoms in total. The number of carbonyl (C=O) groups is 2. The Morgan fingerprint density at radius 1 is 1.47 bits per heavy atom. The summed E-state index contributed by atoms with van der Waals surface area (Å²) >= 11 is 2.16. The van der Waals surface area contributed by atoms with Gasteiger partial charge in [-0.25, -0.2) is 4.79 Å². The molecular weight excluding hydrogens is 361 g/mol. The highest BCUT2D eigenvalue weighted by molar-refractivity contribution is 14.1. The minimum Gasteiger partial charge on any atom is -0.454 e. The standard InChI is InChI=1S/C13H14INO4/c14-9-3-1-4-10(7-9)15-12(16)8-19-13(17)11-5-2-6-18-11/h1,3-4,7,11H,2,5-6,8H2,(H,15,16)/t11-/m0/s1. The van der Waals surface area contributed by atoms with Crippen LogP contribution in [0.3, 0.4) is 0 Å². The smallest absolute Gasteiger partial charge is 0.335 e. The Morgan fingerprint density at radius 2 is 2.32 bits per heavy atom. The van der Waals surface area contributed by atoms with E-state index < -0.39 is 12.1 Å². The summed E-state index contributed by atoms with van der Waals surface area (Å²) in [5, 5.41) is 2.67. The second kappa shape index (κ2) is 6.85. The highest BCUT2D eigenvalue weighted by Crippen LogP contribution is 2.14. The lowest BCUT2D eigenvalue weighted by Gasteiger charge is -2.10. The van der Waals surface area contributed by atoms with E-state index in [1.165, 1.54) is 0 Å². The number of ether oxygens (including phenoxy) is 2. The monoisotopic (exact) mass is 375 g/mol. The zero-order chi connectivity index (χ0) is 13.7. The van der Waals surface area contributed by atoms with Gasteiger partial charge >= 0.3 is 5.97 Å². The quantitative estimate of drug-likeness (QED) is 0.646. The van der Waals surface area contributed by atoms with Gasteiger partial charge in [-0.05, 0) is 53.6 Å². The minimum absolute atomic E-state index is 0.288. The molecule has 1 aromatic carbocycles. The van der Waals surface area contributed by atoms with Gasteiger partial charge in [-0.3, -0.25) is 4.79 Å². The molecule has 2 rings (SSSR count). The summed E-state index contributed by atoms with van der Waals surface area (Å²) in [7, 11) is 0. The van der Waals surface area contributed by atoms with Crippen molar-refractivity contribution in [2.75, 3.05) is 18.5 Å². The van der Waals surface area contributed by atoms with Crippen molar-refractivity contribution in [1.29, 1.82) is 0 Å². The molecule has 0 spiro atoms. The van der Waals surface area contributed by atoms with Gasteiger partial charge in [0.15, 0.2) is 12.7 Å². The van der Waals surface area contributed by atoms with Crippen LogP contribution < -0.4 is 5.32 Å². The van der Waals surface area contributed by atoms with Crippen molar-refractivity contribution >= 4 is 40.2 Å². The van der Waals surface area contributed by atoms with Crippen LogP contribution in [0, 0.1) is 3.57 Å². The van der Waals surface area contributed by atoms with E-state index in [-0.39, 0.29) is 12.5 Å². The number of rotatable bonds is 4.